The quantitative estimate of drug-likeness (QED) is 0.684. The van der Waals surface area contributed by atoms with E-state index in [1.54, 1.807) is 24.3 Å². The third kappa shape index (κ3) is 4.45. The van der Waals surface area contributed by atoms with Crippen molar-refractivity contribution in [3.05, 3.63) is 29.8 Å². The first-order valence-electron chi connectivity index (χ1n) is 8.28. The summed E-state index contributed by atoms with van der Waals surface area (Å²) in [5.41, 5.74) is 1.10. The number of urea groups is 1. The van der Waals surface area contributed by atoms with Crippen molar-refractivity contribution < 1.29 is 14.7 Å². The zero-order valence-electron chi connectivity index (χ0n) is 13.0. The van der Waals surface area contributed by atoms with E-state index in [0.29, 0.717) is 17.3 Å². The molecular weight excluding hydrogens is 294 g/mol. The first-order chi connectivity index (χ1) is 11.1. The summed E-state index contributed by atoms with van der Waals surface area (Å²) in [7, 11) is 0. The second-order valence-corrected chi connectivity index (χ2v) is 6.39. The Balaban J connectivity index is 1.56. The lowest BCUT2D eigenvalue weighted by Gasteiger charge is -2.28. The number of hydrogen-bond donors (Lipinski definition) is 4. The Morgan fingerprint density at radius 3 is 2.57 bits per heavy atom. The molecule has 1 aromatic carbocycles. The van der Waals surface area contributed by atoms with Gasteiger partial charge in [0.1, 0.15) is 0 Å². The van der Waals surface area contributed by atoms with Crippen molar-refractivity contribution in [2.45, 2.75) is 56.7 Å². The average molecular weight is 317 g/mol. The van der Waals surface area contributed by atoms with Crippen molar-refractivity contribution in [2.24, 2.45) is 0 Å². The summed E-state index contributed by atoms with van der Waals surface area (Å²) in [5.74, 6) is -0.112. The third-order valence-electron chi connectivity index (χ3n) is 4.34. The van der Waals surface area contributed by atoms with E-state index in [1.165, 1.54) is 0 Å². The maximum absolute atomic E-state index is 12.1. The van der Waals surface area contributed by atoms with Crippen LogP contribution in [-0.2, 0) is 0 Å². The number of aliphatic hydroxyl groups is 1. The molecule has 6 heteroatoms. The van der Waals surface area contributed by atoms with Crippen LogP contribution in [-0.4, -0.2) is 35.2 Å². The molecule has 0 saturated heterocycles. The molecule has 2 aliphatic carbocycles. The minimum Gasteiger partial charge on any atom is -0.391 e. The maximum atomic E-state index is 12.1. The number of carbonyl (C=O) groups is 2. The zero-order chi connectivity index (χ0) is 16.2. The van der Waals surface area contributed by atoms with E-state index in [2.05, 4.69) is 16.0 Å². The highest BCUT2D eigenvalue weighted by Crippen LogP contribution is 2.20. The van der Waals surface area contributed by atoms with Crippen molar-refractivity contribution in [3.63, 3.8) is 0 Å². The Bertz CT molecular complexity index is 586. The number of rotatable bonds is 4. The second-order valence-electron chi connectivity index (χ2n) is 6.39. The van der Waals surface area contributed by atoms with Crippen LogP contribution in [0.15, 0.2) is 24.3 Å². The first-order valence-corrected chi connectivity index (χ1v) is 8.28. The minimum absolute atomic E-state index is 0.112. The fourth-order valence-electron chi connectivity index (χ4n) is 2.85. The summed E-state index contributed by atoms with van der Waals surface area (Å²) < 4.78 is 0. The molecule has 23 heavy (non-hydrogen) atoms. The number of nitrogens with one attached hydrogen (secondary N) is 3. The fraction of sp³-hybridized carbons (Fsp3) is 0.529. The molecule has 4 N–H and O–H groups in total. The Morgan fingerprint density at radius 1 is 1.04 bits per heavy atom. The number of benzene rings is 1. The molecule has 0 radical (unpaired) electrons. The van der Waals surface area contributed by atoms with Crippen molar-refractivity contribution in [2.75, 3.05) is 5.32 Å². The summed E-state index contributed by atoms with van der Waals surface area (Å²) in [6, 6.07) is 6.62. The topological polar surface area (TPSA) is 90.5 Å². The predicted octanol–water partition coefficient (Wildman–Crippen LogP) is 2.00. The van der Waals surface area contributed by atoms with Gasteiger partial charge in [-0.05, 0) is 43.9 Å². The number of aliphatic hydroxyl groups excluding tert-OH is 1. The molecule has 2 saturated carbocycles. The van der Waals surface area contributed by atoms with E-state index in [-0.39, 0.29) is 18.0 Å². The number of amides is 3. The van der Waals surface area contributed by atoms with Crippen LogP contribution in [0, 0.1) is 0 Å². The van der Waals surface area contributed by atoms with Gasteiger partial charge < -0.3 is 21.1 Å². The summed E-state index contributed by atoms with van der Waals surface area (Å²) in [6.07, 6.45) is 5.12. The van der Waals surface area contributed by atoms with Gasteiger partial charge in [0.25, 0.3) is 5.91 Å². The van der Waals surface area contributed by atoms with E-state index >= 15 is 0 Å². The maximum Gasteiger partial charge on any atom is 0.319 e. The van der Waals surface area contributed by atoms with Gasteiger partial charge in [0.2, 0.25) is 0 Å². The van der Waals surface area contributed by atoms with Crippen LogP contribution in [0.5, 0.6) is 0 Å². The first kappa shape index (κ1) is 15.8. The van der Waals surface area contributed by atoms with Crippen molar-refractivity contribution in [1.82, 2.24) is 10.6 Å². The normalized spacial score (nSPS) is 23.9. The molecule has 0 spiro atoms. The van der Waals surface area contributed by atoms with Crippen LogP contribution in [0.2, 0.25) is 0 Å². The van der Waals surface area contributed by atoms with E-state index in [1.807, 2.05) is 0 Å². The van der Waals surface area contributed by atoms with E-state index < -0.39 is 6.10 Å². The van der Waals surface area contributed by atoms with Crippen molar-refractivity contribution >= 4 is 17.6 Å². The molecule has 6 nitrogen and oxygen atoms in total. The number of carbonyl (C=O) groups excluding carboxylic acids is 2. The Kier molecular flexibility index (Phi) is 4.81. The molecule has 0 aromatic heterocycles. The summed E-state index contributed by atoms with van der Waals surface area (Å²) in [4.78, 5) is 24.1. The smallest absolute Gasteiger partial charge is 0.319 e. The molecule has 2 aliphatic rings. The van der Waals surface area contributed by atoms with Gasteiger partial charge in [-0.15, -0.1) is 0 Å². The average Bonchev–Trinajstić information content (AvgIpc) is 3.34. The zero-order valence-corrected chi connectivity index (χ0v) is 13.0. The lowest BCUT2D eigenvalue weighted by Crippen LogP contribution is -2.46. The predicted molar refractivity (Wildman–Crippen MR) is 87.3 cm³/mol. The van der Waals surface area contributed by atoms with E-state index in [0.717, 1.165) is 38.5 Å². The Morgan fingerprint density at radius 2 is 1.83 bits per heavy atom. The molecule has 124 valence electrons. The van der Waals surface area contributed by atoms with Gasteiger partial charge >= 0.3 is 6.03 Å². The highest BCUT2D eigenvalue weighted by Gasteiger charge is 2.25. The van der Waals surface area contributed by atoms with Gasteiger partial charge in [-0.25, -0.2) is 4.79 Å². The Labute approximate surface area is 135 Å². The highest BCUT2D eigenvalue weighted by molar-refractivity contribution is 5.97. The van der Waals surface area contributed by atoms with Crippen LogP contribution in [0.25, 0.3) is 0 Å². The van der Waals surface area contributed by atoms with Gasteiger partial charge in [0, 0.05) is 17.3 Å². The molecule has 2 atom stereocenters. The molecule has 1 aromatic rings. The molecule has 3 rings (SSSR count). The van der Waals surface area contributed by atoms with Gasteiger partial charge in [0.15, 0.2) is 0 Å². The van der Waals surface area contributed by atoms with Crippen LogP contribution in [0.3, 0.4) is 0 Å². The third-order valence-corrected chi connectivity index (χ3v) is 4.34. The van der Waals surface area contributed by atoms with Crippen LogP contribution in [0.4, 0.5) is 10.5 Å². The standard InChI is InChI=1S/C17H23N3O3/c21-15-7-2-1-6-14(15)20-17(23)19-13-5-3-4-11(10-13)16(22)18-12-8-9-12/h3-5,10,12,14-15,21H,1-2,6-9H2,(H,18,22)(H2,19,20,23)/t14-,15+/m1/s1. The monoisotopic (exact) mass is 317 g/mol. The summed E-state index contributed by atoms with van der Waals surface area (Å²) in [6.45, 7) is 0. The molecule has 0 unspecified atom stereocenters. The van der Waals surface area contributed by atoms with Gasteiger partial charge in [0.05, 0.1) is 12.1 Å². The SMILES string of the molecule is O=C(Nc1cccc(C(=O)NC2CC2)c1)N[C@@H]1CCCC[C@@H]1O. The van der Waals surface area contributed by atoms with Crippen LogP contribution in [0.1, 0.15) is 48.9 Å². The summed E-state index contributed by atoms with van der Waals surface area (Å²) >= 11 is 0. The van der Waals surface area contributed by atoms with Crippen LogP contribution < -0.4 is 16.0 Å². The molecule has 0 bridgehead atoms. The molecular formula is C17H23N3O3. The molecule has 0 aliphatic heterocycles. The van der Waals surface area contributed by atoms with Crippen molar-refractivity contribution in [3.8, 4) is 0 Å². The van der Waals surface area contributed by atoms with E-state index in [9.17, 15) is 14.7 Å². The fourth-order valence-corrected chi connectivity index (χ4v) is 2.85. The number of hydrogen-bond acceptors (Lipinski definition) is 3. The molecule has 2 fully saturated rings. The van der Waals surface area contributed by atoms with Gasteiger partial charge in [-0.3, -0.25) is 4.79 Å². The second kappa shape index (κ2) is 7.00. The van der Waals surface area contributed by atoms with Gasteiger partial charge in [-0.2, -0.15) is 0 Å². The molecule has 3 amide bonds. The van der Waals surface area contributed by atoms with E-state index in [4.69, 9.17) is 0 Å². The van der Waals surface area contributed by atoms with Crippen molar-refractivity contribution in [1.29, 1.82) is 0 Å². The van der Waals surface area contributed by atoms with Gasteiger partial charge in [-0.1, -0.05) is 18.9 Å². The highest BCUT2D eigenvalue weighted by atomic mass is 16.3. The van der Waals surface area contributed by atoms with Crippen LogP contribution >= 0.6 is 0 Å². The lowest BCUT2D eigenvalue weighted by molar-refractivity contribution is 0.0950. The summed E-state index contributed by atoms with van der Waals surface area (Å²) in [5, 5.41) is 18.4. The Hall–Kier alpha value is -2.08. The minimum atomic E-state index is -0.481. The molecule has 0 heterocycles. The lowest BCUT2D eigenvalue weighted by atomic mass is 9.93. The largest absolute Gasteiger partial charge is 0.391 e. The number of anilines is 1.